The van der Waals surface area contributed by atoms with E-state index in [-0.39, 0.29) is 11.9 Å². The number of anilines is 1. The fourth-order valence-corrected chi connectivity index (χ4v) is 3.76. The quantitative estimate of drug-likeness (QED) is 0.815. The molecule has 0 unspecified atom stereocenters. The minimum atomic E-state index is -0.635. The molecule has 1 atom stereocenters. The lowest BCUT2D eigenvalue weighted by molar-refractivity contribution is -0.115. The largest absolute Gasteiger partial charge is 0.386 e. The summed E-state index contributed by atoms with van der Waals surface area (Å²) in [6.45, 7) is 3.42. The summed E-state index contributed by atoms with van der Waals surface area (Å²) in [5.41, 5.74) is 2.53. The molecule has 0 radical (unpaired) electrons. The molecular weight excluding hydrogens is 382 g/mol. The molecule has 30 heavy (non-hydrogen) atoms. The molecule has 1 fully saturated rings. The number of rotatable bonds is 4. The van der Waals surface area contributed by atoms with Crippen LogP contribution in [-0.2, 0) is 16.2 Å². The number of aryl methyl sites for hydroxylation is 1. The second-order valence-electron chi connectivity index (χ2n) is 7.85. The maximum Gasteiger partial charge on any atom is 0.321 e. The van der Waals surface area contributed by atoms with Crippen LogP contribution in [0.1, 0.15) is 30.4 Å². The summed E-state index contributed by atoms with van der Waals surface area (Å²) in [6, 6.07) is 11.2. The Bertz CT molecular complexity index is 945. The van der Waals surface area contributed by atoms with E-state index < -0.39 is 5.60 Å². The fourth-order valence-electron chi connectivity index (χ4n) is 3.76. The number of carbonyl (C=O) groups is 2. The zero-order valence-corrected chi connectivity index (χ0v) is 16.9. The molecule has 2 aliphatic heterocycles. The van der Waals surface area contributed by atoms with Crippen molar-refractivity contribution in [2.75, 3.05) is 18.4 Å². The highest BCUT2D eigenvalue weighted by molar-refractivity contribution is 6.39. The summed E-state index contributed by atoms with van der Waals surface area (Å²) >= 11 is 0. The number of hydrogen-bond acceptors (Lipinski definition) is 5. The van der Waals surface area contributed by atoms with Crippen LogP contribution in [0.5, 0.6) is 0 Å². The van der Waals surface area contributed by atoms with Crippen molar-refractivity contribution in [1.82, 2.24) is 15.2 Å². The lowest BCUT2D eigenvalue weighted by atomic mass is 9.88. The molecular formula is C22H25N5O3. The highest BCUT2D eigenvalue weighted by Crippen LogP contribution is 2.33. The molecule has 1 spiro atoms. The van der Waals surface area contributed by atoms with E-state index in [1.807, 2.05) is 43.3 Å². The van der Waals surface area contributed by atoms with Gasteiger partial charge in [-0.2, -0.15) is 0 Å². The Balaban J connectivity index is 1.32. The topological polar surface area (TPSA) is 95.9 Å². The van der Waals surface area contributed by atoms with Gasteiger partial charge >= 0.3 is 6.03 Å². The van der Waals surface area contributed by atoms with Crippen molar-refractivity contribution in [1.29, 1.82) is 0 Å². The lowest BCUT2D eigenvalue weighted by Crippen LogP contribution is -2.52. The summed E-state index contributed by atoms with van der Waals surface area (Å²) in [5.74, 6) is -0.253. The molecule has 0 aliphatic carbocycles. The highest BCUT2D eigenvalue weighted by atomic mass is 16.7. The van der Waals surface area contributed by atoms with E-state index >= 15 is 0 Å². The number of hydrogen-bond donors (Lipinski definition) is 2. The minimum absolute atomic E-state index is 0.170. The van der Waals surface area contributed by atoms with Crippen molar-refractivity contribution in [3.63, 3.8) is 0 Å². The zero-order chi connectivity index (χ0) is 21.0. The fraction of sp³-hybridized carbons (Fsp3) is 0.364. The van der Waals surface area contributed by atoms with Crippen molar-refractivity contribution in [3.8, 4) is 0 Å². The number of piperidine rings is 1. The summed E-state index contributed by atoms with van der Waals surface area (Å²) in [5, 5.41) is 9.82. The van der Waals surface area contributed by atoms with Crippen molar-refractivity contribution >= 4 is 23.3 Å². The number of amides is 3. The van der Waals surface area contributed by atoms with Crippen LogP contribution in [0, 0.1) is 6.92 Å². The standard InChI is InChI=1S/C22H25N5O3/c1-16-5-7-18(8-6-16)25-21(29)27-11-3-9-22(15-27)12-19(26-30-22)20(28)24-14-17-4-2-10-23-13-17/h2,4-8,10,13H,3,9,11-12,14-15H2,1H3,(H,24,28)(H,25,29)/t22-/m1/s1. The Morgan fingerprint density at radius 2 is 2.07 bits per heavy atom. The molecule has 156 valence electrons. The van der Waals surface area contributed by atoms with Gasteiger partial charge in [0.2, 0.25) is 0 Å². The maximum atomic E-state index is 12.7. The number of carbonyl (C=O) groups excluding carboxylic acids is 2. The number of oxime groups is 1. The SMILES string of the molecule is Cc1ccc(NC(=O)N2CCC[C@@]3(CC(C(=O)NCc4cccnc4)=NO3)C2)cc1. The summed E-state index contributed by atoms with van der Waals surface area (Å²) in [7, 11) is 0. The van der Waals surface area contributed by atoms with E-state index in [1.54, 1.807) is 17.3 Å². The van der Waals surface area contributed by atoms with Gasteiger partial charge in [-0.05, 0) is 43.5 Å². The minimum Gasteiger partial charge on any atom is -0.386 e. The first kappa shape index (κ1) is 19.9. The second kappa shape index (κ2) is 8.52. The van der Waals surface area contributed by atoms with Gasteiger partial charge in [-0.25, -0.2) is 4.79 Å². The number of nitrogens with zero attached hydrogens (tertiary/aromatic N) is 3. The van der Waals surface area contributed by atoms with Gasteiger partial charge in [-0.1, -0.05) is 28.9 Å². The summed E-state index contributed by atoms with van der Waals surface area (Å²) in [6.07, 6.45) is 5.33. The smallest absolute Gasteiger partial charge is 0.321 e. The van der Waals surface area contributed by atoms with Gasteiger partial charge in [0.05, 0.1) is 6.54 Å². The van der Waals surface area contributed by atoms with E-state index in [9.17, 15) is 9.59 Å². The Morgan fingerprint density at radius 1 is 1.23 bits per heavy atom. The molecule has 1 saturated heterocycles. The number of urea groups is 1. The summed E-state index contributed by atoms with van der Waals surface area (Å²) in [4.78, 5) is 36.7. The lowest BCUT2D eigenvalue weighted by Gasteiger charge is -2.38. The van der Waals surface area contributed by atoms with Crippen LogP contribution in [0.3, 0.4) is 0 Å². The average molecular weight is 407 g/mol. The first-order valence-corrected chi connectivity index (χ1v) is 10.1. The Hall–Kier alpha value is -3.42. The third kappa shape index (κ3) is 4.59. The van der Waals surface area contributed by atoms with Gasteiger partial charge in [0.1, 0.15) is 5.71 Å². The van der Waals surface area contributed by atoms with Gasteiger partial charge in [0.15, 0.2) is 5.60 Å². The number of pyridine rings is 1. The van der Waals surface area contributed by atoms with Crippen molar-refractivity contribution < 1.29 is 14.4 Å². The van der Waals surface area contributed by atoms with Gasteiger partial charge < -0.3 is 20.4 Å². The van der Waals surface area contributed by atoms with Crippen LogP contribution >= 0.6 is 0 Å². The van der Waals surface area contributed by atoms with E-state index in [0.717, 1.165) is 29.7 Å². The van der Waals surface area contributed by atoms with E-state index in [2.05, 4.69) is 20.8 Å². The van der Waals surface area contributed by atoms with Gasteiger partial charge in [0.25, 0.3) is 5.91 Å². The van der Waals surface area contributed by atoms with E-state index in [4.69, 9.17) is 4.84 Å². The average Bonchev–Trinajstić information content (AvgIpc) is 3.17. The molecule has 2 aromatic rings. The highest BCUT2D eigenvalue weighted by Gasteiger charge is 2.45. The molecule has 2 N–H and O–H groups in total. The monoisotopic (exact) mass is 407 g/mol. The Kier molecular flexibility index (Phi) is 5.65. The van der Waals surface area contributed by atoms with Crippen LogP contribution in [0.4, 0.5) is 10.5 Å². The van der Waals surface area contributed by atoms with Crippen LogP contribution in [-0.4, -0.2) is 46.2 Å². The van der Waals surface area contributed by atoms with Crippen LogP contribution in [0.15, 0.2) is 53.9 Å². The predicted molar refractivity (Wildman–Crippen MR) is 113 cm³/mol. The van der Waals surface area contributed by atoms with E-state index in [1.165, 1.54) is 0 Å². The Labute approximate surface area is 175 Å². The molecule has 3 heterocycles. The predicted octanol–water partition coefficient (Wildman–Crippen LogP) is 2.85. The molecule has 8 heteroatoms. The molecule has 0 bridgehead atoms. The number of nitrogens with one attached hydrogen (secondary N) is 2. The van der Waals surface area contributed by atoms with Gasteiger partial charge in [-0.15, -0.1) is 0 Å². The van der Waals surface area contributed by atoms with E-state index in [0.29, 0.717) is 31.8 Å². The van der Waals surface area contributed by atoms with Crippen molar-refractivity contribution in [2.45, 2.75) is 38.3 Å². The maximum absolute atomic E-state index is 12.7. The van der Waals surface area contributed by atoms with Crippen molar-refractivity contribution in [3.05, 3.63) is 59.9 Å². The second-order valence-corrected chi connectivity index (χ2v) is 7.85. The molecule has 3 amide bonds. The normalized spacial score (nSPS) is 20.4. The summed E-state index contributed by atoms with van der Waals surface area (Å²) < 4.78 is 0. The molecule has 1 aromatic carbocycles. The third-order valence-electron chi connectivity index (χ3n) is 5.41. The zero-order valence-electron chi connectivity index (χ0n) is 16.9. The first-order chi connectivity index (χ1) is 14.5. The molecule has 0 saturated carbocycles. The van der Waals surface area contributed by atoms with Crippen molar-refractivity contribution in [2.24, 2.45) is 5.16 Å². The van der Waals surface area contributed by atoms with Crippen LogP contribution < -0.4 is 10.6 Å². The first-order valence-electron chi connectivity index (χ1n) is 10.1. The molecule has 8 nitrogen and oxygen atoms in total. The number of likely N-dealkylation sites (tertiary alicyclic amines) is 1. The molecule has 1 aromatic heterocycles. The number of aromatic nitrogens is 1. The molecule has 2 aliphatic rings. The Morgan fingerprint density at radius 3 is 2.83 bits per heavy atom. The van der Waals surface area contributed by atoms with Gasteiger partial charge in [0, 0.05) is 37.6 Å². The third-order valence-corrected chi connectivity index (χ3v) is 5.41. The van der Waals surface area contributed by atoms with Gasteiger partial charge in [-0.3, -0.25) is 9.78 Å². The molecule has 4 rings (SSSR count). The number of benzene rings is 1. The van der Waals surface area contributed by atoms with Crippen LogP contribution in [0.25, 0.3) is 0 Å². The van der Waals surface area contributed by atoms with Crippen LogP contribution in [0.2, 0.25) is 0 Å².